The summed E-state index contributed by atoms with van der Waals surface area (Å²) in [4.78, 5) is 4.19. The molecule has 11 heavy (non-hydrogen) atoms. The highest BCUT2D eigenvalue weighted by Crippen LogP contribution is 2.06. The number of rotatable bonds is 3. The Hall–Kier alpha value is -0.560. The number of halogens is 1. The van der Waals surface area contributed by atoms with Gasteiger partial charge in [0.05, 0.1) is 0 Å². The van der Waals surface area contributed by atoms with Crippen molar-refractivity contribution in [3.05, 3.63) is 29.6 Å². The first kappa shape index (κ1) is 8.54. The summed E-state index contributed by atoms with van der Waals surface area (Å²) in [6.07, 6.45) is 3.90. The highest BCUT2D eigenvalue weighted by atomic mass is 35.5. The average molecular weight is 170 g/mol. The van der Waals surface area contributed by atoms with Gasteiger partial charge < -0.3 is 0 Å². The Kier molecular flexibility index (Phi) is 3.37. The van der Waals surface area contributed by atoms with Gasteiger partial charge in [0.25, 0.3) is 0 Å². The zero-order chi connectivity index (χ0) is 8.10. The van der Waals surface area contributed by atoms with Crippen LogP contribution in [-0.4, -0.2) is 10.9 Å². The Morgan fingerprint density at radius 1 is 1.55 bits per heavy atom. The van der Waals surface area contributed by atoms with Crippen LogP contribution >= 0.6 is 11.6 Å². The molecule has 0 fully saturated rings. The van der Waals surface area contributed by atoms with Crippen molar-refractivity contribution in [2.75, 3.05) is 5.88 Å². The summed E-state index contributed by atoms with van der Waals surface area (Å²) in [5.41, 5.74) is 2.44. The lowest BCUT2D eigenvalue weighted by Gasteiger charge is -2.01. The van der Waals surface area contributed by atoms with Gasteiger partial charge in [-0.2, -0.15) is 0 Å². The molecule has 0 amide bonds. The summed E-state index contributed by atoms with van der Waals surface area (Å²) in [6, 6.07) is 4.07. The normalized spacial score (nSPS) is 10.0. The second kappa shape index (κ2) is 4.35. The Labute approximate surface area is 72.4 Å². The maximum Gasteiger partial charge on any atom is 0.0404 e. The first-order valence-electron chi connectivity index (χ1n) is 3.81. The van der Waals surface area contributed by atoms with Crippen molar-refractivity contribution >= 4 is 11.6 Å². The predicted molar refractivity (Wildman–Crippen MR) is 48.0 cm³/mol. The van der Waals surface area contributed by atoms with Crippen LogP contribution in [0.1, 0.15) is 17.7 Å². The van der Waals surface area contributed by atoms with E-state index in [1.54, 1.807) is 0 Å². The van der Waals surface area contributed by atoms with E-state index in [2.05, 4.69) is 11.1 Å². The number of nitrogens with zero attached hydrogens (tertiary/aromatic N) is 1. The van der Waals surface area contributed by atoms with Gasteiger partial charge in [-0.15, -0.1) is 11.6 Å². The number of aromatic nitrogens is 1. The molecule has 2 heteroatoms. The Morgan fingerprint density at radius 3 is 3.00 bits per heavy atom. The lowest BCUT2D eigenvalue weighted by Crippen LogP contribution is -1.92. The standard InChI is InChI=1S/C9H12ClN/c1-8-9(4-2-6-10)5-3-7-11-8/h3,5,7H,2,4,6H2,1H3. The van der Waals surface area contributed by atoms with E-state index < -0.39 is 0 Å². The van der Waals surface area contributed by atoms with Crippen LogP contribution < -0.4 is 0 Å². The largest absolute Gasteiger partial charge is 0.261 e. The van der Waals surface area contributed by atoms with Crippen LogP contribution in [0.5, 0.6) is 0 Å². The predicted octanol–water partition coefficient (Wildman–Crippen LogP) is 2.56. The van der Waals surface area contributed by atoms with Crippen molar-refractivity contribution in [3.8, 4) is 0 Å². The van der Waals surface area contributed by atoms with Gasteiger partial charge >= 0.3 is 0 Å². The quantitative estimate of drug-likeness (QED) is 0.634. The van der Waals surface area contributed by atoms with E-state index in [1.165, 1.54) is 5.56 Å². The zero-order valence-electron chi connectivity index (χ0n) is 6.68. The van der Waals surface area contributed by atoms with Crippen molar-refractivity contribution in [1.82, 2.24) is 4.98 Å². The van der Waals surface area contributed by atoms with E-state index in [1.807, 2.05) is 19.2 Å². The van der Waals surface area contributed by atoms with Crippen LogP contribution in [0.4, 0.5) is 0 Å². The number of alkyl halides is 1. The van der Waals surface area contributed by atoms with E-state index in [9.17, 15) is 0 Å². The van der Waals surface area contributed by atoms with Crippen LogP contribution in [0.3, 0.4) is 0 Å². The van der Waals surface area contributed by atoms with Gasteiger partial charge in [0.15, 0.2) is 0 Å². The molecule has 1 aromatic heterocycles. The van der Waals surface area contributed by atoms with Gasteiger partial charge in [0, 0.05) is 17.8 Å². The molecule has 1 nitrogen and oxygen atoms in total. The maximum atomic E-state index is 5.58. The summed E-state index contributed by atoms with van der Waals surface area (Å²) < 4.78 is 0. The zero-order valence-corrected chi connectivity index (χ0v) is 7.43. The third-order valence-electron chi connectivity index (χ3n) is 1.70. The molecule has 60 valence electrons. The molecule has 0 saturated heterocycles. The van der Waals surface area contributed by atoms with Crippen LogP contribution in [0.15, 0.2) is 18.3 Å². The second-order valence-electron chi connectivity index (χ2n) is 2.54. The van der Waals surface area contributed by atoms with Gasteiger partial charge in [0.1, 0.15) is 0 Å². The summed E-state index contributed by atoms with van der Waals surface area (Å²) >= 11 is 5.58. The molecular formula is C9H12ClN. The molecule has 1 rings (SSSR count). The number of aryl methyl sites for hydroxylation is 2. The van der Waals surface area contributed by atoms with Crippen LogP contribution in [0.2, 0.25) is 0 Å². The smallest absolute Gasteiger partial charge is 0.0404 e. The number of hydrogen-bond donors (Lipinski definition) is 0. The van der Waals surface area contributed by atoms with Gasteiger partial charge in [-0.1, -0.05) is 6.07 Å². The van der Waals surface area contributed by atoms with Gasteiger partial charge in [-0.25, -0.2) is 0 Å². The minimum atomic E-state index is 0.730. The minimum absolute atomic E-state index is 0.730. The molecule has 0 N–H and O–H groups in total. The molecule has 0 atom stereocenters. The van der Waals surface area contributed by atoms with E-state index in [-0.39, 0.29) is 0 Å². The summed E-state index contributed by atoms with van der Waals surface area (Å²) in [6.45, 7) is 2.03. The van der Waals surface area contributed by atoms with E-state index >= 15 is 0 Å². The van der Waals surface area contributed by atoms with Crippen molar-refractivity contribution in [1.29, 1.82) is 0 Å². The molecule has 0 aliphatic heterocycles. The molecule has 1 aromatic rings. The lowest BCUT2D eigenvalue weighted by molar-refractivity contribution is 0.904. The van der Waals surface area contributed by atoms with Crippen molar-refractivity contribution in [2.45, 2.75) is 19.8 Å². The van der Waals surface area contributed by atoms with Gasteiger partial charge in [-0.05, 0) is 31.4 Å². The summed E-state index contributed by atoms with van der Waals surface area (Å²) in [5.74, 6) is 0.730. The monoisotopic (exact) mass is 169 g/mol. The second-order valence-corrected chi connectivity index (χ2v) is 2.92. The summed E-state index contributed by atoms with van der Waals surface area (Å²) in [7, 11) is 0. The van der Waals surface area contributed by atoms with E-state index in [4.69, 9.17) is 11.6 Å². The molecule has 0 saturated carbocycles. The molecule has 0 aliphatic rings. The molecule has 0 spiro atoms. The molecule has 0 unspecified atom stereocenters. The van der Waals surface area contributed by atoms with E-state index in [0.717, 1.165) is 24.4 Å². The first-order chi connectivity index (χ1) is 5.34. The highest BCUT2D eigenvalue weighted by molar-refractivity contribution is 6.17. The minimum Gasteiger partial charge on any atom is -0.261 e. The third-order valence-corrected chi connectivity index (χ3v) is 1.96. The number of hydrogen-bond acceptors (Lipinski definition) is 1. The SMILES string of the molecule is Cc1ncccc1CCCCl. The van der Waals surface area contributed by atoms with Gasteiger partial charge in [-0.3, -0.25) is 4.98 Å². The van der Waals surface area contributed by atoms with Gasteiger partial charge in [0.2, 0.25) is 0 Å². The van der Waals surface area contributed by atoms with E-state index in [0.29, 0.717) is 0 Å². The fourth-order valence-electron chi connectivity index (χ4n) is 1.04. The molecule has 1 heterocycles. The number of pyridine rings is 1. The van der Waals surface area contributed by atoms with Crippen LogP contribution in [-0.2, 0) is 6.42 Å². The third kappa shape index (κ3) is 2.51. The van der Waals surface area contributed by atoms with Crippen molar-refractivity contribution in [3.63, 3.8) is 0 Å². The molecule has 0 bridgehead atoms. The van der Waals surface area contributed by atoms with Crippen molar-refractivity contribution in [2.24, 2.45) is 0 Å². The van der Waals surface area contributed by atoms with Crippen LogP contribution in [0.25, 0.3) is 0 Å². The van der Waals surface area contributed by atoms with Crippen molar-refractivity contribution < 1.29 is 0 Å². The fourth-order valence-corrected chi connectivity index (χ4v) is 1.17. The fraction of sp³-hybridized carbons (Fsp3) is 0.444. The maximum absolute atomic E-state index is 5.58. The molecule has 0 aliphatic carbocycles. The Morgan fingerprint density at radius 2 is 2.36 bits per heavy atom. The molecule has 0 radical (unpaired) electrons. The Bertz CT molecular complexity index is 223. The summed E-state index contributed by atoms with van der Waals surface area (Å²) in [5, 5.41) is 0. The van der Waals surface area contributed by atoms with Crippen LogP contribution in [0, 0.1) is 6.92 Å². The topological polar surface area (TPSA) is 12.9 Å². The average Bonchev–Trinajstić information content (AvgIpc) is 2.03. The lowest BCUT2D eigenvalue weighted by atomic mass is 10.1. The first-order valence-corrected chi connectivity index (χ1v) is 4.34. The molecular weight excluding hydrogens is 158 g/mol. The highest BCUT2D eigenvalue weighted by Gasteiger charge is 1.95. The Balaban J connectivity index is 2.62. The molecule has 0 aromatic carbocycles.